The predicted octanol–water partition coefficient (Wildman–Crippen LogP) is 1.28. The second kappa shape index (κ2) is 5.84. The van der Waals surface area contributed by atoms with Crippen LogP contribution in [-0.4, -0.2) is 43.7 Å². The first-order valence-corrected chi connectivity index (χ1v) is 7.62. The highest BCUT2D eigenvalue weighted by molar-refractivity contribution is 7.89. The number of carboxylic acid groups (broad SMARTS) is 1. The summed E-state index contributed by atoms with van der Waals surface area (Å²) in [4.78, 5) is 16.1. The quantitative estimate of drug-likeness (QED) is 0.823. The van der Waals surface area contributed by atoms with E-state index in [9.17, 15) is 13.2 Å². The normalized spacial score (nSPS) is 16.1. The summed E-state index contributed by atoms with van der Waals surface area (Å²) in [6.45, 7) is 5.82. The Kier molecular flexibility index (Phi) is 4.31. The van der Waals surface area contributed by atoms with E-state index in [0.717, 1.165) is 10.5 Å². The fourth-order valence-electron chi connectivity index (χ4n) is 1.83. The van der Waals surface area contributed by atoms with Gasteiger partial charge in [0.1, 0.15) is 11.3 Å². The lowest BCUT2D eigenvalue weighted by molar-refractivity contribution is -0.0275. The van der Waals surface area contributed by atoms with Gasteiger partial charge < -0.3 is 9.84 Å². The van der Waals surface area contributed by atoms with Gasteiger partial charge in [0, 0.05) is 0 Å². The van der Waals surface area contributed by atoms with Gasteiger partial charge in [-0.25, -0.2) is 13.2 Å². The molecule has 7 nitrogen and oxygen atoms in total. The van der Waals surface area contributed by atoms with Crippen molar-refractivity contribution in [2.75, 3.05) is 19.8 Å². The topological polar surface area (TPSA) is 93.1 Å². The van der Waals surface area contributed by atoms with Crippen LogP contribution < -0.4 is 4.74 Å². The molecule has 1 heterocycles. The summed E-state index contributed by atoms with van der Waals surface area (Å²) in [5.41, 5.74) is 0.416. The molecule has 1 aliphatic rings. The molecule has 1 aliphatic heterocycles. The second-order valence-electron chi connectivity index (χ2n) is 4.39. The minimum absolute atomic E-state index is 0.0535. The molecule has 0 bridgehead atoms. The van der Waals surface area contributed by atoms with Gasteiger partial charge in [-0.2, -0.15) is 0 Å². The number of carboxylic acids is 1. The number of ether oxygens (including phenoxy) is 1. The molecule has 1 aromatic carbocycles. The molecule has 8 heteroatoms. The summed E-state index contributed by atoms with van der Waals surface area (Å²) in [7, 11) is -3.93. The van der Waals surface area contributed by atoms with E-state index in [4.69, 9.17) is 14.7 Å². The summed E-state index contributed by atoms with van der Waals surface area (Å²) in [6.07, 6.45) is 0. The predicted molar refractivity (Wildman–Crippen MR) is 73.6 cm³/mol. The van der Waals surface area contributed by atoms with Crippen molar-refractivity contribution in [3.05, 3.63) is 35.9 Å². The Labute approximate surface area is 122 Å². The zero-order chi connectivity index (χ0) is 15.6. The monoisotopic (exact) mass is 313 g/mol. The molecule has 1 aromatic rings. The van der Waals surface area contributed by atoms with E-state index in [0.29, 0.717) is 5.57 Å². The van der Waals surface area contributed by atoms with Crippen molar-refractivity contribution < 1.29 is 27.9 Å². The molecule has 0 aliphatic carbocycles. The van der Waals surface area contributed by atoms with E-state index in [1.165, 1.54) is 12.1 Å². The van der Waals surface area contributed by atoms with Gasteiger partial charge in [0.05, 0.1) is 24.7 Å². The molecule has 114 valence electrons. The minimum atomic E-state index is -3.93. The van der Waals surface area contributed by atoms with Crippen molar-refractivity contribution in [3.8, 4) is 5.75 Å². The van der Waals surface area contributed by atoms with Crippen molar-refractivity contribution in [2.45, 2.75) is 11.8 Å². The van der Waals surface area contributed by atoms with Crippen LogP contribution in [0, 0.1) is 0 Å². The molecule has 0 unspecified atom stereocenters. The van der Waals surface area contributed by atoms with E-state index < -0.39 is 16.0 Å². The lowest BCUT2D eigenvalue weighted by Gasteiger charge is -2.15. The van der Waals surface area contributed by atoms with Gasteiger partial charge in [0.2, 0.25) is 0 Å². The number of nitrogens with zero attached hydrogens (tertiary/aromatic N) is 1. The third-order valence-electron chi connectivity index (χ3n) is 2.81. The zero-order valence-corrected chi connectivity index (χ0v) is 12.2. The smallest absolute Gasteiger partial charge is 0.339 e. The Morgan fingerprint density at radius 3 is 2.76 bits per heavy atom. The minimum Gasteiger partial charge on any atom is -0.493 e. The fourth-order valence-corrected chi connectivity index (χ4v) is 3.11. The van der Waals surface area contributed by atoms with Crippen molar-refractivity contribution in [2.24, 2.45) is 0 Å². The number of sulfonamides is 1. The van der Waals surface area contributed by atoms with Crippen molar-refractivity contribution in [1.29, 1.82) is 0 Å². The van der Waals surface area contributed by atoms with Gasteiger partial charge >= 0.3 is 5.97 Å². The molecule has 1 fully saturated rings. The van der Waals surface area contributed by atoms with Crippen molar-refractivity contribution in [1.82, 2.24) is 4.47 Å². The van der Waals surface area contributed by atoms with Crippen LogP contribution in [0.1, 0.15) is 17.3 Å². The number of rotatable bonds is 5. The lowest BCUT2D eigenvalue weighted by atomic mass is 10.2. The number of hydroxylamine groups is 1. The number of carbonyl (C=O) groups is 1. The zero-order valence-electron chi connectivity index (χ0n) is 11.4. The molecule has 0 saturated carbocycles. The van der Waals surface area contributed by atoms with E-state index in [1.807, 2.05) is 0 Å². The maximum Gasteiger partial charge on any atom is 0.339 e. The Balaban J connectivity index is 2.42. The molecule has 0 atom stereocenters. The molecular weight excluding hydrogens is 298 g/mol. The molecule has 1 N–H and O–H groups in total. The SMILES string of the molecule is C=C1CON(S(=O)(=O)c2ccc(OCC)c(C(=O)O)c2)C1. The summed E-state index contributed by atoms with van der Waals surface area (Å²) >= 11 is 0. The van der Waals surface area contributed by atoms with Crippen LogP contribution in [0.3, 0.4) is 0 Å². The van der Waals surface area contributed by atoms with Crippen LogP contribution in [0.2, 0.25) is 0 Å². The van der Waals surface area contributed by atoms with Gasteiger partial charge in [-0.05, 0) is 30.7 Å². The van der Waals surface area contributed by atoms with Crippen molar-refractivity contribution >= 4 is 16.0 Å². The molecule has 0 aromatic heterocycles. The van der Waals surface area contributed by atoms with E-state index in [-0.39, 0.29) is 36.0 Å². The Hall–Kier alpha value is -1.90. The largest absolute Gasteiger partial charge is 0.493 e. The maximum atomic E-state index is 12.4. The van der Waals surface area contributed by atoms with Gasteiger partial charge in [-0.15, -0.1) is 0 Å². The Bertz CT molecular complexity index is 682. The van der Waals surface area contributed by atoms with Crippen LogP contribution in [0.5, 0.6) is 5.75 Å². The summed E-state index contributed by atoms with van der Waals surface area (Å²) in [6, 6.07) is 3.68. The number of hydrogen-bond donors (Lipinski definition) is 1. The van der Waals surface area contributed by atoms with Crippen LogP contribution >= 0.6 is 0 Å². The molecule has 1 saturated heterocycles. The second-order valence-corrected chi connectivity index (χ2v) is 6.21. The summed E-state index contributed by atoms with van der Waals surface area (Å²) < 4.78 is 30.7. The van der Waals surface area contributed by atoms with Crippen LogP contribution in [0.25, 0.3) is 0 Å². The third-order valence-corrected chi connectivity index (χ3v) is 4.43. The third kappa shape index (κ3) is 3.07. The summed E-state index contributed by atoms with van der Waals surface area (Å²) in [5, 5.41) is 9.16. The summed E-state index contributed by atoms with van der Waals surface area (Å²) in [5.74, 6) is -1.14. The first-order valence-electron chi connectivity index (χ1n) is 6.18. The lowest BCUT2D eigenvalue weighted by Crippen LogP contribution is -2.27. The van der Waals surface area contributed by atoms with E-state index in [1.54, 1.807) is 6.92 Å². The van der Waals surface area contributed by atoms with Crippen molar-refractivity contribution in [3.63, 3.8) is 0 Å². The average molecular weight is 313 g/mol. The molecule has 0 amide bonds. The van der Waals surface area contributed by atoms with Gasteiger partial charge in [-0.1, -0.05) is 11.0 Å². The number of aromatic carboxylic acids is 1. The Morgan fingerprint density at radius 2 is 2.24 bits per heavy atom. The number of benzene rings is 1. The maximum absolute atomic E-state index is 12.4. The highest BCUT2D eigenvalue weighted by atomic mass is 32.2. The van der Waals surface area contributed by atoms with Gasteiger partial charge in [0.15, 0.2) is 0 Å². The highest BCUT2D eigenvalue weighted by Crippen LogP contribution is 2.27. The first kappa shape index (κ1) is 15.5. The molecule has 2 rings (SSSR count). The molecular formula is C13H15NO6S. The Morgan fingerprint density at radius 1 is 1.52 bits per heavy atom. The standard InChI is InChI=1S/C13H15NO6S/c1-3-19-12-5-4-10(6-11(12)13(15)16)21(17,18)14-7-9(2)8-20-14/h4-6H,2-3,7-8H2,1H3,(H,15,16). The molecule has 0 spiro atoms. The van der Waals surface area contributed by atoms with E-state index >= 15 is 0 Å². The fraction of sp³-hybridized carbons (Fsp3) is 0.308. The number of hydrogen-bond acceptors (Lipinski definition) is 5. The van der Waals surface area contributed by atoms with Crippen LogP contribution in [0.15, 0.2) is 35.2 Å². The molecule has 21 heavy (non-hydrogen) atoms. The van der Waals surface area contributed by atoms with Crippen LogP contribution in [0.4, 0.5) is 0 Å². The average Bonchev–Trinajstić information content (AvgIpc) is 2.86. The first-order chi connectivity index (χ1) is 9.86. The van der Waals surface area contributed by atoms with Gasteiger partial charge in [0.25, 0.3) is 10.0 Å². The van der Waals surface area contributed by atoms with Crippen LogP contribution in [-0.2, 0) is 14.9 Å². The van der Waals surface area contributed by atoms with E-state index in [2.05, 4.69) is 6.58 Å². The molecule has 0 radical (unpaired) electrons. The van der Waals surface area contributed by atoms with Gasteiger partial charge in [-0.3, -0.25) is 4.84 Å². The highest BCUT2D eigenvalue weighted by Gasteiger charge is 2.31.